The van der Waals surface area contributed by atoms with E-state index < -0.39 is 0 Å². The molecule has 0 amide bonds. The highest BCUT2D eigenvalue weighted by molar-refractivity contribution is 5.00. The maximum atomic E-state index is 5.68. The van der Waals surface area contributed by atoms with E-state index in [1.165, 1.54) is 32.1 Å². The topological polar surface area (TPSA) is 25.1 Å². The highest BCUT2D eigenvalue weighted by Gasteiger charge is 2.52. The molecule has 7 unspecified atom stereocenters. The van der Waals surface area contributed by atoms with Gasteiger partial charge in [0.2, 0.25) is 0 Å². The van der Waals surface area contributed by atoms with Crippen LogP contribution in [0.5, 0.6) is 0 Å². The summed E-state index contributed by atoms with van der Waals surface area (Å²) < 4.78 is 11.3. The minimum atomic E-state index is 0.643. The second-order valence-corrected chi connectivity index (χ2v) is 6.11. The quantitative estimate of drug-likeness (QED) is 0.618. The molecule has 0 aromatic heterocycles. The molecule has 4 aliphatic rings. The van der Waals surface area contributed by atoms with E-state index >= 15 is 0 Å². The van der Waals surface area contributed by atoms with Crippen molar-refractivity contribution in [3.63, 3.8) is 0 Å². The van der Waals surface area contributed by atoms with E-state index in [2.05, 4.69) is 6.92 Å². The Labute approximate surface area is 91.3 Å². The molecule has 0 bridgehead atoms. The number of fused-ring (bicyclic) bond motifs is 2. The number of hydrogen-bond acceptors (Lipinski definition) is 2. The first-order valence-electron chi connectivity index (χ1n) is 6.62. The Balaban J connectivity index is 1.46. The molecule has 0 radical (unpaired) electrons. The van der Waals surface area contributed by atoms with E-state index in [9.17, 15) is 0 Å². The predicted molar refractivity (Wildman–Crippen MR) is 56.6 cm³/mol. The lowest BCUT2D eigenvalue weighted by Gasteiger charge is -2.34. The normalized spacial score (nSPS) is 61.8. The lowest BCUT2D eigenvalue weighted by atomic mass is 9.69. The van der Waals surface area contributed by atoms with Crippen LogP contribution < -0.4 is 0 Å². The SMILES string of the molecule is CC1CC2OC2CC1C1CCC2OC2C1. The van der Waals surface area contributed by atoms with Crippen LogP contribution in [-0.4, -0.2) is 24.4 Å². The van der Waals surface area contributed by atoms with Gasteiger partial charge < -0.3 is 9.47 Å². The molecule has 7 atom stereocenters. The minimum Gasteiger partial charge on any atom is -0.370 e. The van der Waals surface area contributed by atoms with E-state index in [1.54, 1.807) is 0 Å². The third-order valence-electron chi connectivity index (χ3n) is 5.18. The van der Waals surface area contributed by atoms with E-state index in [1.807, 2.05) is 0 Å². The van der Waals surface area contributed by atoms with Gasteiger partial charge in [0.15, 0.2) is 0 Å². The molecule has 0 N–H and O–H groups in total. The van der Waals surface area contributed by atoms with Crippen LogP contribution in [0.15, 0.2) is 0 Å². The first-order valence-corrected chi connectivity index (χ1v) is 6.62. The zero-order valence-electron chi connectivity index (χ0n) is 9.39. The fraction of sp³-hybridized carbons (Fsp3) is 1.00. The molecule has 4 rings (SSSR count). The molecule has 2 aliphatic carbocycles. The van der Waals surface area contributed by atoms with Crippen LogP contribution in [0.2, 0.25) is 0 Å². The minimum absolute atomic E-state index is 0.643. The van der Waals surface area contributed by atoms with Gasteiger partial charge in [-0.3, -0.25) is 0 Å². The molecular weight excluding hydrogens is 188 g/mol. The van der Waals surface area contributed by atoms with Crippen molar-refractivity contribution in [3.05, 3.63) is 0 Å². The highest BCUT2D eigenvalue weighted by Crippen LogP contribution is 2.51. The average molecular weight is 208 g/mol. The van der Waals surface area contributed by atoms with Crippen molar-refractivity contribution in [2.45, 2.75) is 63.4 Å². The largest absolute Gasteiger partial charge is 0.370 e. The summed E-state index contributed by atoms with van der Waals surface area (Å²) in [6.07, 6.45) is 9.33. The van der Waals surface area contributed by atoms with Crippen LogP contribution in [-0.2, 0) is 9.47 Å². The summed E-state index contributed by atoms with van der Waals surface area (Å²) in [5.41, 5.74) is 0. The molecule has 2 saturated heterocycles. The molecule has 2 nitrogen and oxygen atoms in total. The van der Waals surface area contributed by atoms with E-state index in [-0.39, 0.29) is 0 Å². The van der Waals surface area contributed by atoms with Gasteiger partial charge in [0, 0.05) is 0 Å². The zero-order valence-corrected chi connectivity index (χ0v) is 9.39. The Morgan fingerprint density at radius 2 is 1.53 bits per heavy atom. The van der Waals surface area contributed by atoms with Crippen LogP contribution in [0.25, 0.3) is 0 Å². The van der Waals surface area contributed by atoms with Gasteiger partial charge in [-0.1, -0.05) is 6.92 Å². The van der Waals surface area contributed by atoms with Gasteiger partial charge >= 0.3 is 0 Å². The summed E-state index contributed by atoms with van der Waals surface area (Å²) in [5, 5.41) is 0. The van der Waals surface area contributed by atoms with Crippen molar-refractivity contribution < 1.29 is 9.47 Å². The van der Waals surface area contributed by atoms with Gasteiger partial charge in [-0.15, -0.1) is 0 Å². The molecule has 4 fully saturated rings. The van der Waals surface area contributed by atoms with Gasteiger partial charge in [-0.25, -0.2) is 0 Å². The van der Waals surface area contributed by atoms with Crippen LogP contribution >= 0.6 is 0 Å². The Morgan fingerprint density at radius 1 is 0.800 bits per heavy atom. The monoisotopic (exact) mass is 208 g/mol. The van der Waals surface area contributed by atoms with Crippen molar-refractivity contribution in [1.82, 2.24) is 0 Å². The Morgan fingerprint density at radius 3 is 2.40 bits per heavy atom. The fourth-order valence-corrected chi connectivity index (χ4v) is 4.12. The molecule has 2 aliphatic heterocycles. The van der Waals surface area contributed by atoms with E-state index in [0.29, 0.717) is 24.4 Å². The standard InChI is InChI=1S/C13H20O2/c1-7-4-11-13(15-11)6-9(7)8-2-3-10-12(5-8)14-10/h7-13H,2-6H2,1H3. The Hall–Kier alpha value is -0.0800. The lowest BCUT2D eigenvalue weighted by molar-refractivity contribution is 0.160. The Bertz CT molecular complexity index is 278. The van der Waals surface area contributed by atoms with Gasteiger partial charge in [0.25, 0.3) is 0 Å². The van der Waals surface area contributed by atoms with Crippen LogP contribution in [0.4, 0.5) is 0 Å². The second kappa shape index (κ2) is 2.98. The van der Waals surface area contributed by atoms with E-state index in [0.717, 1.165) is 17.8 Å². The highest BCUT2D eigenvalue weighted by atomic mass is 16.6. The van der Waals surface area contributed by atoms with Crippen LogP contribution in [0, 0.1) is 17.8 Å². The molecule has 84 valence electrons. The number of hydrogen-bond donors (Lipinski definition) is 0. The molecule has 2 saturated carbocycles. The summed E-state index contributed by atoms with van der Waals surface area (Å²) in [5.74, 6) is 2.75. The molecule has 2 heteroatoms. The molecule has 0 aromatic carbocycles. The molecule has 0 spiro atoms. The maximum absolute atomic E-state index is 5.68. The smallest absolute Gasteiger partial charge is 0.0844 e. The summed E-state index contributed by atoms with van der Waals surface area (Å²) in [7, 11) is 0. The molecule has 0 aromatic rings. The van der Waals surface area contributed by atoms with Crippen molar-refractivity contribution in [2.75, 3.05) is 0 Å². The predicted octanol–water partition coefficient (Wildman–Crippen LogP) is 2.37. The fourth-order valence-electron chi connectivity index (χ4n) is 4.12. The maximum Gasteiger partial charge on any atom is 0.0844 e. The van der Waals surface area contributed by atoms with Gasteiger partial charge in [0.1, 0.15) is 0 Å². The average Bonchev–Trinajstić information content (AvgIpc) is 3.09. The third kappa shape index (κ3) is 1.45. The number of rotatable bonds is 1. The second-order valence-electron chi connectivity index (χ2n) is 6.11. The van der Waals surface area contributed by atoms with Gasteiger partial charge in [-0.05, 0) is 49.9 Å². The van der Waals surface area contributed by atoms with Crippen LogP contribution in [0.3, 0.4) is 0 Å². The zero-order chi connectivity index (χ0) is 9.99. The molecule has 15 heavy (non-hydrogen) atoms. The summed E-state index contributed by atoms with van der Waals surface area (Å²) in [4.78, 5) is 0. The molecular formula is C13H20O2. The van der Waals surface area contributed by atoms with Gasteiger partial charge in [0.05, 0.1) is 24.4 Å². The van der Waals surface area contributed by atoms with Crippen LogP contribution in [0.1, 0.15) is 39.0 Å². The van der Waals surface area contributed by atoms with Crippen molar-refractivity contribution >= 4 is 0 Å². The molecule has 2 heterocycles. The summed E-state index contributed by atoms with van der Waals surface area (Å²) >= 11 is 0. The Kier molecular flexibility index (Phi) is 1.79. The number of ether oxygens (including phenoxy) is 2. The van der Waals surface area contributed by atoms with Crippen molar-refractivity contribution in [1.29, 1.82) is 0 Å². The third-order valence-corrected chi connectivity index (χ3v) is 5.18. The summed E-state index contributed by atoms with van der Waals surface area (Å²) in [6.45, 7) is 2.43. The van der Waals surface area contributed by atoms with Gasteiger partial charge in [-0.2, -0.15) is 0 Å². The first-order chi connectivity index (χ1) is 7.31. The van der Waals surface area contributed by atoms with Crippen molar-refractivity contribution in [3.8, 4) is 0 Å². The lowest BCUT2D eigenvalue weighted by Crippen LogP contribution is -2.31. The first kappa shape index (κ1) is 9.00. The summed E-state index contributed by atoms with van der Waals surface area (Å²) in [6, 6.07) is 0. The van der Waals surface area contributed by atoms with E-state index in [4.69, 9.17) is 9.47 Å². The van der Waals surface area contributed by atoms with Crippen molar-refractivity contribution in [2.24, 2.45) is 17.8 Å². The number of epoxide rings is 2.